The Morgan fingerprint density at radius 1 is 0.842 bits per heavy atom. The molecule has 2 N–H and O–H groups in total. The van der Waals surface area contributed by atoms with Crippen LogP contribution in [0.5, 0.6) is 11.5 Å². The Bertz CT molecular complexity index is 971. The van der Waals surface area contributed by atoms with E-state index in [9.17, 15) is 24.3 Å². The Kier molecular flexibility index (Phi) is 12.7. The SMILES string of the molecule is CC(C)CC(=O)Oc1ccc(C[C@](NC(C)C)(OC(=O)OC(C)C(C)C)C(=O)O)cc1OC(=O)CC(C)C. The molecule has 10 nitrogen and oxygen atoms in total. The van der Waals surface area contributed by atoms with Gasteiger partial charge in [0, 0.05) is 25.3 Å². The lowest BCUT2D eigenvalue weighted by Crippen LogP contribution is -2.59. The topological polar surface area (TPSA) is 137 Å². The van der Waals surface area contributed by atoms with Gasteiger partial charge in [0.05, 0.1) is 0 Å². The highest BCUT2D eigenvalue weighted by atomic mass is 16.7. The molecule has 0 heterocycles. The van der Waals surface area contributed by atoms with Gasteiger partial charge in [0.2, 0.25) is 0 Å². The molecule has 0 bridgehead atoms. The van der Waals surface area contributed by atoms with Crippen LogP contribution < -0.4 is 14.8 Å². The van der Waals surface area contributed by atoms with E-state index in [4.69, 9.17) is 18.9 Å². The smallest absolute Gasteiger partial charge is 0.477 e. The molecule has 0 radical (unpaired) electrons. The van der Waals surface area contributed by atoms with Gasteiger partial charge >= 0.3 is 24.1 Å². The normalized spacial score (nSPS) is 13.8. The third-order valence-corrected chi connectivity index (χ3v) is 5.40. The highest BCUT2D eigenvalue weighted by Crippen LogP contribution is 2.32. The lowest BCUT2D eigenvalue weighted by atomic mass is 10.0. The van der Waals surface area contributed by atoms with Crippen molar-refractivity contribution in [2.45, 2.75) is 99.4 Å². The van der Waals surface area contributed by atoms with Crippen molar-refractivity contribution in [1.82, 2.24) is 5.32 Å². The van der Waals surface area contributed by atoms with Gasteiger partial charge in [-0.15, -0.1) is 0 Å². The molecule has 38 heavy (non-hydrogen) atoms. The van der Waals surface area contributed by atoms with Crippen molar-refractivity contribution < 1.29 is 43.2 Å². The molecule has 0 fully saturated rings. The van der Waals surface area contributed by atoms with Crippen molar-refractivity contribution in [2.24, 2.45) is 17.8 Å². The van der Waals surface area contributed by atoms with Gasteiger partial charge in [-0.2, -0.15) is 0 Å². The van der Waals surface area contributed by atoms with Gasteiger partial charge in [0.1, 0.15) is 6.10 Å². The number of carboxylic acid groups (broad SMARTS) is 1. The predicted octanol–water partition coefficient (Wildman–Crippen LogP) is 5.11. The van der Waals surface area contributed by atoms with Crippen LogP contribution in [0.2, 0.25) is 0 Å². The van der Waals surface area contributed by atoms with Crippen molar-refractivity contribution in [2.75, 3.05) is 0 Å². The van der Waals surface area contributed by atoms with E-state index in [1.807, 2.05) is 41.5 Å². The van der Waals surface area contributed by atoms with Crippen LogP contribution in [0.1, 0.15) is 80.7 Å². The summed E-state index contributed by atoms with van der Waals surface area (Å²) in [6.45, 7) is 16.3. The summed E-state index contributed by atoms with van der Waals surface area (Å²) in [4.78, 5) is 49.8. The molecule has 0 saturated heterocycles. The minimum Gasteiger partial charge on any atom is -0.477 e. The minimum absolute atomic E-state index is 0.00568. The average Bonchev–Trinajstić information content (AvgIpc) is 2.73. The lowest BCUT2D eigenvalue weighted by molar-refractivity contribution is -0.168. The molecule has 0 amide bonds. The highest BCUT2D eigenvalue weighted by molar-refractivity contribution is 5.81. The van der Waals surface area contributed by atoms with E-state index < -0.39 is 35.9 Å². The second-order valence-electron chi connectivity index (χ2n) is 11.0. The summed E-state index contributed by atoms with van der Waals surface area (Å²) >= 11 is 0. The number of carbonyl (C=O) groups excluding carboxylic acids is 3. The van der Waals surface area contributed by atoms with E-state index in [0.29, 0.717) is 5.56 Å². The molecule has 1 aromatic carbocycles. The number of aliphatic carboxylic acids is 1. The standard InChI is InChI=1S/C28H43NO9/c1-16(2)12-24(30)36-22-11-10-21(14-23(22)37-25(31)13-17(3)4)15-28(26(32)33,29-19(7)8)38-27(34)35-20(9)18(5)6/h10-11,14,16-20,29H,12-13,15H2,1-9H3,(H,32,33)/t20?,28-/m0/s1. The van der Waals surface area contributed by atoms with Crippen LogP contribution in [-0.2, 0) is 30.3 Å². The summed E-state index contributed by atoms with van der Waals surface area (Å²) in [5.74, 6) is -2.40. The molecule has 0 spiro atoms. The monoisotopic (exact) mass is 537 g/mol. The minimum atomic E-state index is -2.18. The number of rotatable bonds is 14. The second kappa shape index (κ2) is 14.7. The molecule has 2 atom stereocenters. The zero-order valence-corrected chi connectivity index (χ0v) is 24.0. The first-order valence-corrected chi connectivity index (χ1v) is 13.0. The summed E-state index contributed by atoms with van der Waals surface area (Å²) in [7, 11) is 0. The van der Waals surface area contributed by atoms with Crippen LogP contribution in [0.15, 0.2) is 18.2 Å². The third-order valence-electron chi connectivity index (χ3n) is 5.40. The molecule has 1 unspecified atom stereocenters. The van der Waals surface area contributed by atoms with Crippen LogP contribution in [0, 0.1) is 17.8 Å². The Labute approximate surface area is 225 Å². The van der Waals surface area contributed by atoms with Crippen molar-refractivity contribution in [3.8, 4) is 11.5 Å². The molecular weight excluding hydrogens is 494 g/mol. The quantitative estimate of drug-likeness (QED) is 0.187. The van der Waals surface area contributed by atoms with Crippen molar-refractivity contribution in [3.05, 3.63) is 23.8 Å². The van der Waals surface area contributed by atoms with E-state index in [1.165, 1.54) is 18.2 Å². The average molecular weight is 538 g/mol. The highest BCUT2D eigenvalue weighted by Gasteiger charge is 2.44. The third kappa shape index (κ3) is 11.1. The van der Waals surface area contributed by atoms with E-state index >= 15 is 0 Å². The number of ether oxygens (including phenoxy) is 4. The predicted molar refractivity (Wildman–Crippen MR) is 141 cm³/mol. The summed E-state index contributed by atoms with van der Waals surface area (Å²) in [6, 6.07) is 3.96. The number of hydrogen-bond donors (Lipinski definition) is 2. The van der Waals surface area contributed by atoms with Gasteiger partial charge < -0.3 is 24.1 Å². The molecule has 0 aliphatic heterocycles. The summed E-state index contributed by atoms with van der Waals surface area (Å²) in [5.41, 5.74) is -1.84. The number of carbonyl (C=O) groups is 4. The molecule has 0 saturated carbocycles. The van der Waals surface area contributed by atoms with E-state index in [2.05, 4.69) is 5.32 Å². The maximum Gasteiger partial charge on any atom is 0.510 e. The van der Waals surface area contributed by atoms with Crippen LogP contribution in [-0.4, -0.2) is 47.0 Å². The number of esters is 2. The number of hydrogen-bond acceptors (Lipinski definition) is 9. The first kappa shape index (κ1) is 32.9. The molecule has 0 aliphatic rings. The fourth-order valence-corrected chi connectivity index (χ4v) is 3.33. The van der Waals surface area contributed by atoms with Gasteiger partial charge in [-0.25, -0.2) is 9.59 Å². The maximum absolute atomic E-state index is 12.6. The Morgan fingerprint density at radius 3 is 1.82 bits per heavy atom. The first-order valence-electron chi connectivity index (χ1n) is 13.0. The maximum atomic E-state index is 12.6. The van der Waals surface area contributed by atoms with Crippen LogP contribution in [0.25, 0.3) is 0 Å². The molecule has 0 aliphatic carbocycles. The van der Waals surface area contributed by atoms with Gasteiger partial charge in [0.25, 0.3) is 5.72 Å². The summed E-state index contributed by atoms with van der Waals surface area (Å²) in [5, 5.41) is 13.0. The Balaban J connectivity index is 3.42. The van der Waals surface area contributed by atoms with Crippen LogP contribution in [0.4, 0.5) is 4.79 Å². The molecular formula is C28H43NO9. The van der Waals surface area contributed by atoms with Gasteiger partial charge in [-0.05, 0) is 56.2 Å². The Morgan fingerprint density at radius 2 is 1.37 bits per heavy atom. The number of nitrogens with one attached hydrogen (secondary N) is 1. The summed E-state index contributed by atoms with van der Waals surface area (Å²) < 4.78 is 21.6. The molecule has 214 valence electrons. The van der Waals surface area contributed by atoms with Gasteiger partial charge in [-0.1, -0.05) is 47.6 Å². The Hall–Kier alpha value is -3.14. The number of carboxylic acids is 1. The zero-order valence-electron chi connectivity index (χ0n) is 24.0. The van der Waals surface area contributed by atoms with Crippen molar-refractivity contribution in [3.63, 3.8) is 0 Å². The fraction of sp³-hybridized carbons (Fsp3) is 0.643. The molecule has 0 aromatic heterocycles. The summed E-state index contributed by atoms with van der Waals surface area (Å²) in [6.07, 6.45) is -1.68. The largest absolute Gasteiger partial charge is 0.510 e. The lowest BCUT2D eigenvalue weighted by Gasteiger charge is -2.32. The number of benzene rings is 1. The second-order valence-corrected chi connectivity index (χ2v) is 11.0. The van der Waals surface area contributed by atoms with E-state index in [1.54, 1.807) is 20.8 Å². The van der Waals surface area contributed by atoms with Crippen molar-refractivity contribution >= 4 is 24.1 Å². The fourth-order valence-electron chi connectivity index (χ4n) is 3.33. The van der Waals surface area contributed by atoms with Gasteiger partial charge in [0.15, 0.2) is 11.5 Å². The molecule has 1 rings (SSSR count). The van der Waals surface area contributed by atoms with Crippen LogP contribution >= 0.6 is 0 Å². The van der Waals surface area contributed by atoms with Crippen LogP contribution in [0.3, 0.4) is 0 Å². The van der Waals surface area contributed by atoms with Crippen molar-refractivity contribution in [1.29, 1.82) is 0 Å². The zero-order chi connectivity index (χ0) is 29.2. The molecule has 10 heteroatoms. The van der Waals surface area contributed by atoms with E-state index in [0.717, 1.165) is 0 Å². The molecule has 1 aromatic rings. The first-order chi connectivity index (χ1) is 17.5. The van der Waals surface area contributed by atoms with Gasteiger partial charge in [-0.3, -0.25) is 14.9 Å². The van der Waals surface area contributed by atoms with E-state index in [-0.39, 0.29) is 54.6 Å².